The van der Waals surface area contributed by atoms with Gasteiger partial charge in [-0.3, -0.25) is 4.72 Å². The van der Waals surface area contributed by atoms with Crippen LogP contribution in [-0.4, -0.2) is 20.5 Å². The fraction of sp³-hybridized carbons (Fsp3) is 0.160. The highest BCUT2D eigenvalue weighted by Crippen LogP contribution is 2.40. The average Bonchev–Trinajstić information content (AvgIpc) is 3.25. The Kier molecular flexibility index (Phi) is 5.76. The van der Waals surface area contributed by atoms with Crippen LogP contribution in [-0.2, 0) is 16.4 Å². The van der Waals surface area contributed by atoms with E-state index in [9.17, 15) is 21.6 Å². The molecule has 1 aromatic heterocycles. The summed E-state index contributed by atoms with van der Waals surface area (Å²) in [6, 6.07) is 15.1. The van der Waals surface area contributed by atoms with E-state index in [-0.39, 0.29) is 11.7 Å². The quantitative estimate of drug-likeness (QED) is 0.340. The van der Waals surface area contributed by atoms with Crippen molar-refractivity contribution in [3.63, 3.8) is 0 Å². The number of aryl methyl sites for hydroxylation is 1. The van der Waals surface area contributed by atoms with Crippen molar-refractivity contribution in [2.45, 2.75) is 23.8 Å². The molecule has 35 heavy (non-hydrogen) atoms. The summed E-state index contributed by atoms with van der Waals surface area (Å²) < 4.78 is 73.7. The number of pyridine rings is 1. The second kappa shape index (κ2) is 8.77. The third kappa shape index (κ3) is 4.25. The van der Waals surface area contributed by atoms with Crippen LogP contribution in [0.5, 0.6) is 5.75 Å². The van der Waals surface area contributed by atoms with Crippen molar-refractivity contribution >= 4 is 32.4 Å². The molecule has 0 bridgehead atoms. The van der Waals surface area contributed by atoms with Crippen LogP contribution in [0.15, 0.2) is 65.6 Å². The Morgan fingerprint density at radius 3 is 2.49 bits per heavy atom. The molecule has 0 amide bonds. The van der Waals surface area contributed by atoms with Crippen molar-refractivity contribution in [2.24, 2.45) is 0 Å². The zero-order valence-electron chi connectivity index (χ0n) is 18.5. The topological polar surface area (TPSA) is 80.3 Å². The Bertz CT molecular complexity index is 1540. The Morgan fingerprint density at radius 2 is 1.74 bits per heavy atom. The van der Waals surface area contributed by atoms with Gasteiger partial charge in [-0.1, -0.05) is 18.2 Å². The number of sulfonamides is 1. The van der Waals surface area contributed by atoms with Crippen LogP contribution in [0.2, 0.25) is 0 Å². The molecule has 0 aliphatic heterocycles. The van der Waals surface area contributed by atoms with Gasteiger partial charge >= 0.3 is 0 Å². The van der Waals surface area contributed by atoms with Crippen LogP contribution in [0, 0.1) is 17.5 Å². The third-order valence-electron chi connectivity index (χ3n) is 5.99. The lowest BCUT2D eigenvalue weighted by Gasteiger charge is -2.18. The van der Waals surface area contributed by atoms with Crippen molar-refractivity contribution in [3.05, 3.63) is 89.2 Å². The molecule has 0 spiro atoms. The number of nitrogens with one attached hydrogen (secondary N) is 2. The van der Waals surface area contributed by atoms with Crippen LogP contribution in [0.3, 0.4) is 0 Å². The van der Waals surface area contributed by atoms with Crippen molar-refractivity contribution in [1.29, 1.82) is 0 Å². The first kappa shape index (κ1) is 23.0. The molecule has 0 saturated carbocycles. The van der Waals surface area contributed by atoms with Crippen LogP contribution in [0.4, 0.5) is 24.7 Å². The van der Waals surface area contributed by atoms with Crippen molar-refractivity contribution < 1.29 is 26.3 Å². The second-order valence-electron chi connectivity index (χ2n) is 8.14. The minimum atomic E-state index is -4.39. The van der Waals surface area contributed by atoms with Gasteiger partial charge in [-0.25, -0.2) is 26.6 Å². The highest BCUT2D eigenvalue weighted by Gasteiger charge is 2.26. The fourth-order valence-electron chi connectivity index (χ4n) is 4.36. The van der Waals surface area contributed by atoms with Crippen LogP contribution in [0.1, 0.15) is 23.6 Å². The van der Waals surface area contributed by atoms with E-state index in [1.807, 2.05) is 12.1 Å². The van der Waals surface area contributed by atoms with E-state index in [1.54, 1.807) is 31.4 Å². The molecule has 6 nitrogen and oxygen atoms in total. The van der Waals surface area contributed by atoms with E-state index in [0.717, 1.165) is 24.2 Å². The number of hydrogen-bond acceptors (Lipinski definition) is 5. The highest BCUT2D eigenvalue weighted by atomic mass is 32.2. The number of anilines is 2. The molecule has 1 unspecified atom stereocenters. The second-order valence-corrected chi connectivity index (χ2v) is 9.83. The summed E-state index contributed by atoms with van der Waals surface area (Å²) in [6.07, 6.45) is 1.79. The predicted octanol–water partition coefficient (Wildman–Crippen LogP) is 5.56. The van der Waals surface area contributed by atoms with Gasteiger partial charge in [-0.05, 0) is 60.9 Å². The summed E-state index contributed by atoms with van der Waals surface area (Å²) in [5.41, 5.74) is 2.98. The lowest BCUT2D eigenvalue weighted by atomic mass is 10.1. The van der Waals surface area contributed by atoms with Gasteiger partial charge in [0.25, 0.3) is 10.0 Å². The minimum absolute atomic E-state index is 0.0102. The molecule has 0 fully saturated rings. The van der Waals surface area contributed by atoms with Gasteiger partial charge in [0.05, 0.1) is 29.3 Å². The predicted molar refractivity (Wildman–Crippen MR) is 127 cm³/mol. The molecule has 5 rings (SSSR count). The summed E-state index contributed by atoms with van der Waals surface area (Å²) in [7, 11) is -2.75. The van der Waals surface area contributed by atoms with Gasteiger partial charge in [0, 0.05) is 10.9 Å². The summed E-state index contributed by atoms with van der Waals surface area (Å²) >= 11 is 0. The van der Waals surface area contributed by atoms with Crippen LogP contribution in [0.25, 0.3) is 10.9 Å². The van der Waals surface area contributed by atoms with Gasteiger partial charge in [0.1, 0.15) is 11.6 Å². The van der Waals surface area contributed by atoms with E-state index in [0.29, 0.717) is 28.9 Å². The smallest absolute Gasteiger partial charge is 0.262 e. The monoisotopic (exact) mass is 499 g/mol. The molecule has 3 aromatic carbocycles. The molecule has 1 aliphatic rings. The summed E-state index contributed by atoms with van der Waals surface area (Å²) in [5.74, 6) is -3.51. The summed E-state index contributed by atoms with van der Waals surface area (Å²) in [5, 5.41) is 3.91. The van der Waals surface area contributed by atoms with E-state index >= 15 is 0 Å². The van der Waals surface area contributed by atoms with Gasteiger partial charge < -0.3 is 10.1 Å². The third-order valence-corrected chi connectivity index (χ3v) is 7.34. The zero-order valence-corrected chi connectivity index (χ0v) is 19.3. The molecular formula is C25H20F3N3O3S. The first-order valence-corrected chi connectivity index (χ1v) is 12.2. The molecule has 2 N–H and O–H groups in total. The summed E-state index contributed by atoms with van der Waals surface area (Å²) in [4.78, 5) is 3.88. The van der Waals surface area contributed by atoms with E-state index in [1.165, 1.54) is 11.6 Å². The first-order valence-electron chi connectivity index (χ1n) is 10.8. The Hall–Kier alpha value is -3.79. The first-order chi connectivity index (χ1) is 16.8. The maximum absolute atomic E-state index is 13.6. The number of methoxy groups -OCH3 is 1. The van der Waals surface area contributed by atoms with Crippen molar-refractivity contribution in [2.75, 3.05) is 17.1 Å². The number of fused-ring (bicyclic) bond motifs is 2. The lowest BCUT2D eigenvalue weighted by molar-refractivity contribution is 0.408. The number of hydrogen-bond donors (Lipinski definition) is 2. The molecule has 180 valence electrons. The Morgan fingerprint density at radius 1 is 1.00 bits per heavy atom. The number of aromatic nitrogens is 1. The fourth-order valence-corrected chi connectivity index (χ4v) is 5.47. The number of rotatable bonds is 6. The Balaban J connectivity index is 1.44. The number of halogens is 3. The maximum Gasteiger partial charge on any atom is 0.262 e. The molecule has 4 aromatic rings. The molecule has 1 atom stereocenters. The average molecular weight is 500 g/mol. The van der Waals surface area contributed by atoms with Gasteiger partial charge in [-0.2, -0.15) is 0 Å². The highest BCUT2D eigenvalue weighted by molar-refractivity contribution is 7.92. The van der Waals surface area contributed by atoms with Crippen molar-refractivity contribution in [1.82, 2.24) is 4.98 Å². The molecule has 1 heterocycles. The van der Waals surface area contributed by atoms with Gasteiger partial charge in [-0.15, -0.1) is 0 Å². The number of nitrogens with zero attached hydrogens (tertiary/aromatic N) is 1. The largest absolute Gasteiger partial charge is 0.496 e. The van der Waals surface area contributed by atoms with Crippen LogP contribution < -0.4 is 14.8 Å². The lowest BCUT2D eigenvalue weighted by Crippen LogP contribution is -2.14. The summed E-state index contributed by atoms with van der Waals surface area (Å²) in [6.45, 7) is 0. The molecule has 1 aliphatic carbocycles. The molecule has 10 heteroatoms. The van der Waals surface area contributed by atoms with Crippen LogP contribution >= 0.6 is 0 Å². The number of benzene rings is 3. The van der Waals surface area contributed by atoms with Crippen molar-refractivity contribution in [3.8, 4) is 5.75 Å². The maximum atomic E-state index is 13.6. The van der Waals surface area contributed by atoms with E-state index < -0.39 is 32.4 Å². The zero-order chi connectivity index (χ0) is 24.7. The number of ether oxygens (including phenoxy) is 1. The standard InChI is InChI=1S/C25H20F3N3O3S/c1-34-22-7-2-4-14-8-10-21(24(14)22)30-23-11-9-16-19(29-23)5-3-6-20(16)31-35(32,33)15-12-17(26)25(28)18(27)13-15/h2-7,9,11-13,21,31H,8,10H2,1H3,(H,29,30). The van der Waals surface area contributed by atoms with E-state index in [4.69, 9.17) is 4.74 Å². The Labute approximate surface area is 199 Å². The van der Waals surface area contributed by atoms with Gasteiger partial charge in [0.15, 0.2) is 17.5 Å². The molecule has 0 saturated heterocycles. The van der Waals surface area contributed by atoms with Gasteiger partial charge in [0.2, 0.25) is 0 Å². The normalized spacial score (nSPS) is 15.1. The molecule has 0 radical (unpaired) electrons. The molecular weight excluding hydrogens is 479 g/mol. The SMILES string of the molecule is COc1cccc2c1C(Nc1ccc3c(NS(=O)(=O)c4cc(F)c(F)c(F)c4)cccc3n1)CC2. The minimum Gasteiger partial charge on any atom is -0.496 e. The van der Waals surface area contributed by atoms with E-state index in [2.05, 4.69) is 21.1 Å².